The summed E-state index contributed by atoms with van der Waals surface area (Å²) in [7, 11) is -3.21. The first kappa shape index (κ1) is 19.3. The maximum absolute atomic E-state index is 12.3. The molecule has 3 heterocycles. The maximum Gasteiger partial charge on any atom is 0.224 e. The van der Waals surface area contributed by atoms with Gasteiger partial charge in [-0.2, -0.15) is 9.40 Å². The van der Waals surface area contributed by atoms with Gasteiger partial charge in [0.15, 0.2) is 0 Å². The molecule has 0 aliphatic carbocycles. The Labute approximate surface area is 155 Å². The third-order valence-electron chi connectivity index (χ3n) is 5.12. The highest BCUT2D eigenvalue weighted by Crippen LogP contribution is 2.16. The SMILES string of the molecule is C[C@H](CN1CCCC1)C(=O)NCc1cc2n(n1)CCCN(S(C)(=O)=O)C2. The van der Waals surface area contributed by atoms with Crippen molar-refractivity contribution in [3.63, 3.8) is 0 Å². The lowest BCUT2D eigenvalue weighted by molar-refractivity contribution is -0.125. The van der Waals surface area contributed by atoms with Crippen molar-refractivity contribution in [2.45, 2.75) is 45.8 Å². The number of nitrogens with zero attached hydrogens (tertiary/aromatic N) is 4. The molecule has 2 aliphatic heterocycles. The van der Waals surface area contributed by atoms with Gasteiger partial charge >= 0.3 is 0 Å². The van der Waals surface area contributed by atoms with Crippen LogP contribution in [-0.4, -0.2) is 65.7 Å². The van der Waals surface area contributed by atoms with Crippen molar-refractivity contribution in [3.05, 3.63) is 17.5 Å². The normalized spacial score (nSPS) is 20.5. The van der Waals surface area contributed by atoms with Gasteiger partial charge in [0.25, 0.3) is 0 Å². The molecule has 2 aliphatic rings. The molecule has 0 radical (unpaired) electrons. The second-order valence-electron chi connectivity index (χ2n) is 7.43. The van der Waals surface area contributed by atoms with Gasteiger partial charge in [-0.1, -0.05) is 6.92 Å². The highest BCUT2D eigenvalue weighted by molar-refractivity contribution is 7.88. The molecule has 26 heavy (non-hydrogen) atoms. The van der Waals surface area contributed by atoms with Gasteiger partial charge in [-0.3, -0.25) is 9.48 Å². The number of sulfonamides is 1. The van der Waals surface area contributed by atoms with Crippen LogP contribution in [0.3, 0.4) is 0 Å². The van der Waals surface area contributed by atoms with Crippen molar-refractivity contribution in [2.24, 2.45) is 5.92 Å². The Morgan fingerprint density at radius 2 is 1.96 bits per heavy atom. The van der Waals surface area contributed by atoms with Crippen LogP contribution in [0.25, 0.3) is 0 Å². The Kier molecular flexibility index (Phi) is 5.99. The largest absolute Gasteiger partial charge is 0.350 e. The fourth-order valence-electron chi connectivity index (χ4n) is 3.65. The third kappa shape index (κ3) is 4.83. The van der Waals surface area contributed by atoms with Gasteiger partial charge in [0.05, 0.1) is 30.7 Å². The molecule has 0 bridgehead atoms. The first-order valence-corrected chi connectivity index (χ1v) is 11.2. The molecule has 1 N–H and O–H groups in total. The molecule has 0 saturated carbocycles. The molecule has 1 saturated heterocycles. The van der Waals surface area contributed by atoms with Gasteiger partial charge in [-0.05, 0) is 38.4 Å². The summed E-state index contributed by atoms with van der Waals surface area (Å²) in [4.78, 5) is 14.7. The number of hydrogen-bond donors (Lipinski definition) is 1. The maximum atomic E-state index is 12.3. The van der Waals surface area contributed by atoms with E-state index in [1.165, 1.54) is 23.4 Å². The number of carbonyl (C=O) groups excluding carboxylic acids is 1. The van der Waals surface area contributed by atoms with Crippen molar-refractivity contribution >= 4 is 15.9 Å². The highest BCUT2D eigenvalue weighted by atomic mass is 32.2. The van der Waals surface area contributed by atoms with E-state index in [0.717, 1.165) is 37.4 Å². The summed E-state index contributed by atoms with van der Waals surface area (Å²) >= 11 is 0. The molecular formula is C17H29N5O3S. The van der Waals surface area contributed by atoms with Gasteiger partial charge in [-0.25, -0.2) is 8.42 Å². The van der Waals surface area contributed by atoms with E-state index >= 15 is 0 Å². The second-order valence-corrected chi connectivity index (χ2v) is 9.41. The van der Waals surface area contributed by atoms with Crippen LogP contribution in [0.4, 0.5) is 0 Å². The smallest absolute Gasteiger partial charge is 0.224 e. The summed E-state index contributed by atoms with van der Waals surface area (Å²) in [6.45, 7) is 6.86. The molecule has 1 aromatic heterocycles. The van der Waals surface area contributed by atoms with E-state index in [2.05, 4.69) is 15.3 Å². The third-order valence-corrected chi connectivity index (χ3v) is 6.37. The van der Waals surface area contributed by atoms with Crippen LogP contribution in [0, 0.1) is 5.92 Å². The van der Waals surface area contributed by atoms with Crippen molar-refractivity contribution in [1.29, 1.82) is 0 Å². The van der Waals surface area contributed by atoms with E-state index in [0.29, 0.717) is 26.2 Å². The zero-order valence-corrected chi connectivity index (χ0v) is 16.5. The lowest BCUT2D eigenvalue weighted by atomic mass is 10.1. The average molecular weight is 384 g/mol. The molecule has 0 spiro atoms. The Morgan fingerprint density at radius 1 is 1.23 bits per heavy atom. The van der Waals surface area contributed by atoms with E-state index < -0.39 is 10.0 Å². The zero-order chi connectivity index (χ0) is 18.7. The summed E-state index contributed by atoms with van der Waals surface area (Å²) in [5.41, 5.74) is 1.65. The fraction of sp³-hybridized carbons (Fsp3) is 0.765. The van der Waals surface area contributed by atoms with E-state index in [-0.39, 0.29) is 11.8 Å². The van der Waals surface area contributed by atoms with Crippen LogP contribution < -0.4 is 5.32 Å². The molecule has 0 aromatic carbocycles. The minimum absolute atomic E-state index is 0.0397. The monoisotopic (exact) mass is 383 g/mol. The van der Waals surface area contributed by atoms with Crippen LogP contribution in [0.15, 0.2) is 6.07 Å². The summed E-state index contributed by atoms with van der Waals surface area (Å²) in [5.74, 6) is -0.00729. The van der Waals surface area contributed by atoms with Crippen LogP contribution >= 0.6 is 0 Å². The molecule has 1 amide bonds. The number of likely N-dealkylation sites (tertiary alicyclic amines) is 1. The van der Waals surface area contributed by atoms with Gasteiger partial charge in [0.2, 0.25) is 15.9 Å². The first-order valence-electron chi connectivity index (χ1n) is 9.34. The summed E-state index contributed by atoms with van der Waals surface area (Å²) < 4.78 is 27.0. The molecule has 0 unspecified atom stereocenters. The van der Waals surface area contributed by atoms with Gasteiger partial charge in [-0.15, -0.1) is 0 Å². The second kappa shape index (κ2) is 8.06. The predicted octanol–water partition coefficient (Wildman–Crippen LogP) is 0.397. The number of hydrogen-bond acceptors (Lipinski definition) is 5. The Balaban J connectivity index is 1.55. The minimum Gasteiger partial charge on any atom is -0.350 e. The zero-order valence-electron chi connectivity index (χ0n) is 15.6. The number of aryl methyl sites for hydroxylation is 1. The van der Waals surface area contributed by atoms with E-state index in [1.54, 1.807) is 0 Å². The predicted molar refractivity (Wildman–Crippen MR) is 98.8 cm³/mol. The lowest BCUT2D eigenvalue weighted by Crippen LogP contribution is -2.36. The summed E-state index contributed by atoms with van der Waals surface area (Å²) in [5, 5.41) is 7.50. The Morgan fingerprint density at radius 3 is 2.65 bits per heavy atom. The van der Waals surface area contributed by atoms with E-state index in [1.807, 2.05) is 17.7 Å². The topological polar surface area (TPSA) is 87.5 Å². The number of rotatable bonds is 6. The Hall–Kier alpha value is -1.45. The minimum atomic E-state index is -3.21. The van der Waals surface area contributed by atoms with Crippen LogP contribution in [0.2, 0.25) is 0 Å². The lowest BCUT2D eigenvalue weighted by Gasteiger charge is -2.19. The van der Waals surface area contributed by atoms with Gasteiger partial charge in [0, 0.05) is 25.6 Å². The average Bonchev–Trinajstić information content (AvgIpc) is 3.16. The van der Waals surface area contributed by atoms with Crippen molar-refractivity contribution in [2.75, 3.05) is 32.4 Å². The van der Waals surface area contributed by atoms with Gasteiger partial charge < -0.3 is 10.2 Å². The van der Waals surface area contributed by atoms with E-state index in [9.17, 15) is 13.2 Å². The molecule has 8 nitrogen and oxygen atoms in total. The number of carbonyl (C=O) groups is 1. The van der Waals surface area contributed by atoms with Gasteiger partial charge in [0.1, 0.15) is 0 Å². The molecule has 1 aromatic rings. The molecule has 9 heteroatoms. The standard InChI is InChI=1S/C17H29N5O3S/c1-14(12-20-6-3-4-7-20)17(23)18-11-15-10-16-13-21(26(2,24)25)8-5-9-22(16)19-15/h10,14H,3-9,11-13H2,1-2H3,(H,18,23)/t14-/m1/s1. The number of nitrogens with one attached hydrogen (secondary N) is 1. The number of amides is 1. The molecule has 146 valence electrons. The van der Waals surface area contributed by atoms with Crippen molar-refractivity contribution in [3.8, 4) is 0 Å². The van der Waals surface area contributed by atoms with Crippen molar-refractivity contribution < 1.29 is 13.2 Å². The van der Waals surface area contributed by atoms with Crippen LogP contribution in [0.5, 0.6) is 0 Å². The van der Waals surface area contributed by atoms with E-state index in [4.69, 9.17) is 0 Å². The Bertz CT molecular complexity index is 740. The summed E-state index contributed by atoms with van der Waals surface area (Å²) in [6, 6.07) is 1.90. The molecule has 3 rings (SSSR count). The summed E-state index contributed by atoms with van der Waals surface area (Å²) in [6.07, 6.45) is 4.42. The first-order chi connectivity index (χ1) is 12.3. The van der Waals surface area contributed by atoms with Crippen molar-refractivity contribution in [1.82, 2.24) is 24.3 Å². The highest BCUT2D eigenvalue weighted by Gasteiger charge is 2.23. The molecular weight excluding hydrogens is 354 g/mol. The quantitative estimate of drug-likeness (QED) is 0.768. The van der Waals surface area contributed by atoms with Crippen LogP contribution in [-0.2, 0) is 34.5 Å². The fourth-order valence-corrected chi connectivity index (χ4v) is 4.48. The number of fused-ring (bicyclic) bond motifs is 1. The molecule has 1 fully saturated rings. The van der Waals surface area contributed by atoms with Crippen LogP contribution in [0.1, 0.15) is 37.6 Å². The molecule has 1 atom stereocenters. The number of aromatic nitrogens is 2.